The Kier molecular flexibility index (Phi) is 7.55. The molecule has 1 aromatic carbocycles. The highest BCUT2D eigenvalue weighted by Crippen LogP contribution is 2.60. The van der Waals surface area contributed by atoms with Crippen LogP contribution in [-0.4, -0.2) is 64.6 Å². The Balaban J connectivity index is 1.21. The van der Waals surface area contributed by atoms with Crippen LogP contribution in [0.4, 0.5) is 5.69 Å². The van der Waals surface area contributed by atoms with E-state index in [1.165, 1.54) is 24.2 Å². The van der Waals surface area contributed by atoms with E-state index in [9.17, 15) is 24.4 Å². The molecule has 0 radical (unpaired) electrons. The standard InChI is InChI=1S/C34H45N5O4/c1-5-38(29(40)21(4)36-31(42)33-14-22-11-23(15-33)13-24(12-22)16-33)28(10-20(2)3)30(41)39-19-34(17-25(39)18-35)26-8-6-7-9-27(26)37-32(34)43/h6-9,20-25,28H,5,10-17,19H2,1-4H3,(H,36,42)(H,37,43)/t21-,22?,23?,24?,25-,28-,33?,34-/m0/s1. The van der Waals surface area contributed by atoms with Gasteiger partial charge in [0.15, 0.2) is 0 Å². The number of benzene rings is 1. The molecule has 1 spiro atoms. The van der Waals surface area contributed by atoms with Crippen LogP contribution in [0.2, 0.25) is 0 Å². The second-order valence-corrected chi connectivity index (χ2v) is 14.6. The summed E-state index contributed by atoms with van der Waals surface area (Å²) in [6.45, 7) is 7.96. The number of para-hydroxylation sites is 1. The normalized spacial score (nSPS) is 33.2. The van der Waals surface area contributed by atoms with Gasteiger partial charge in [-0.25, -0.2) is 0 Å². The van der Waals surface area contributed by atoms with Crippen molar-refractivity contribution in [2.75, 3.05) is 18.4 Å². The zero-order valence-corrected chi connectivity index (χ0v) is 25.9. The molecule has 0 unspecified atom stereocenters. The molecular formula is C34H45N5O4. The molecule has 2 aliphatic heterocycles. The van der Waals surface area contributed by atoms with E-state index in [4.69, 9.17) is 0 Å². The number of likely N-dealkylation sites (tertiary alicyclic amines) is 1. The van der Waals surface area contributed by atoms with E-state index in [-0.39, 0.29) is 47.9 Å². The molecule has 9 heteroatoms. The molecule has 6 aliphatic rings. The number of anilines is 1. The second-order valence-electron chi connectivity index (χ2n) is 14.6. The predicted octanol–water partition coefficient (Wildman–Crippen LogP) is 3.99. The van der Waals surface area contributed by atoms with Crippen LogP contribution in [0.25, 0.3) is 0 Å². The van der Waals surface area contributed by atoms with Crippen LogP contribution >= 0.6 is 0 Å². The van der Waals surface area contributed by atoms with Gasteiger partial charge in [-0.05, 0) is 94.1 Å². The summed E-state index contributed by atoms with van der Waals surface area (Å²) in [6, 6.07) is 7.35. The van der Waals surface area contributed by atoms with E-state index in [2.05, 4.69) is 16.7 Å². The fourth-order valence-electron chi connectivity index (χ4n) is 9.56. The summed E-state index contributed by atoms with van der Waals surface area (Å²) in [4.78, 5) is 58.5. The van der Waals surface area contributed by atoms with Crippen molar-refractivity contribution in [2.45, 2.75) is 103 Å². The topological polar surface area (TPSA) is 123 Å². The summed E-state index contributed by atoms with van der Waals surface area (Å²) < 4.78 is 0. The minimum atomic E-state index is -0.991. The van der Waals surface area contributed by atoms with E-state index in [0.717, 1.165) is 24.8 Å². The molecule has 230 valence electrons. The molecule has 1 saturated heterocycles. The number of hydrogen-bond donors (Lipinski definition) is 2. The summed E-state index contributed by atoms with van der Waals surface area (Å²) in [5.41, 5.74) is 0.164. The largest absolute Gasteiger partial charge is 0.344 e. The SMILES string of the molecule is CCN(C(=O)[C@H](C)NC(=O)C12CC3CC(CC(C3)C1)C2)[C@@H](CC(C)C)C(=O)N1C[C@]2(C[C@H]1C#N)C(=O)Nc1ccccc12. The third-order valence-corrected chi connectivity index (χ3v) is 11.1. The summed E-state index contributed by atoms with van der Waals surface area (Å²) in [7, 11) is 0. The lowest BCUT2D eigenvalue weighted by atomic mass is 9.49. The Bertz CT molecular complexity index is 1330. The lowest BCUT2D eigenvalue weighted by Crippen LogP contribution is -2.59. The van der Waals surface area contributed by atoms with Gasteiger partial charge in [0.2, 0.25) is 23.6 Å². The van der Waals surface area contributed by atoms with E-state index < -0.39 is 23.5 Å². The van der Waals surface area contributed by atoms with Crippen LogP contribution in [0.1, 0.15) is 84.6 Å². The number of nitriles is 1. The molecule has 4 atom stereocenters. The predicted molar refractivity (Wildman–Crippen MR) is 161 cm³/mol. The van der Waals surface area contributed by atoms with Gasteiger partial charge in [-0.3, -0.25) is 19.2 Å². The maximum Gasteiger partial charge on any atom is 0.246 e. The summed E-state index contributed by atoms with van der Waals surface area (Å²) >= 11 is 0. The number of nitrogens with one attached hydrogen (secondary N) is 2. The van der Waals surface area contributed by atoms with Gasteiger partial charge in [-0.2, -0.15) is 5.26 Å². The van der Waals surface area contributed by atoms with Gasteiger partial charge in [0.1, 0.15) is 18.1 Å². The zero-order chi connectivity index (χ0) is 30.7. The number of amides is 4. The van der Waals surface area contributed by atoms with E-state index in [0.29, 0.717) is 36.4 Å². The third-order valence-electron chi connectivity index (χ3n) is 11.1. The highest BCUT2D eigenvalue weighted by Gasteiger charge is 2.57. The Morgan fingerprint density at radius 1 is 1.07 bits per heavy atom. The van der Waals surface area contributed by atoms with Gasteiger partial charge in [0.05, 0.1) is 11.5 Å². The quantitative estimate of drug-likeness (QED) is 0.476. The van der Waals surface area contributed by atoms with Gasteiger partial charge >= 0.3 is 0 Å². The molecule has 4 aliphatic carbocycles. The van der Waals surface area contributed by atoms with Crippen LogP contribution in [0, 0.1) is 40.4 Å². The first-order valence-corrected chi connectivity index (χ1v) is 16.2. The monoisotopic (exact) mass is 587 g/mol. The smallest absolute Gasteiger partial charge is 0.246 e. The minimum absolute atomic E-state index is 0.00724. The van der Waals surface area contributed by atoms with Crippen LogP contribution in [0.3, 0.4) is 0 Å². The van der Waals surface area contributed by atoms with Gasteiger partial charge in [0.25, 0.3) is 0 Å². The minimum Gasteiger partial charge on any atom is -0.344 e. The first-order chi connectivity index (χ1) is 20.5. The van der Waals surface area contributed by atoms with Crippen molar-refractivity contribution in [2.24, 2.45) is 29.1 Å². The molecule has 7 rings (SSSR count). The number of fused-ring (bicyclic) bond motifs is 2. The van der Waals surface area contributed by atoms with Crippen molar-refractivity contribution in [1.29, 1.82) is 5.26 Å². The van der Waals surface area contributed by atoms with Crippen LogP contribution in [-0.2, 0) is 24.6 Å². The summed E-state index contributed by atoms with van der Waals surface area (Å²) in [5, 5.41) is 16.2. The lowest BCUT2D eigenvalue weighted by molar-refractivity contribution is -0.152. The third kappa shape index (κ3) is 4.91. The van der Waals surface area contributed by atoms with E-state index >= 15 is 0 Å². The fraction of sp³-hybridized carbons (Fsp3) is 0.676. The van der Waals surface area contributed by atoms with Crippen LogP contribution < -0.4 is 10.6 Å². The summed E-state index contributed by atoms with van der Waals surface area (Å²) in [5.74, 6) is 1.15. The van der Waals surface area contributed by atoms with Gasteiger partial charge in [0, 0.05) is 30.6 Å². The molecular weight excluding hydrogens is 542 g/mol. The lowest BCUT2D eigenvalue weighted by Gasteiger charge is -2.55. The van der Waals surface area contributed by atoms with E-state index in [1.807, 2.05) is 45.0 Å². The number of rotatable bonds is 8. The molecule has 4 bridgehead atoms. The second kappa shape index (κ2) is 10.9. The molecule has 4 amide bonds. The summed E-state index contributed by atoms with van der Waals surface area (Å²) in [6.07, 6.45) is 7.08. The van der Waals surface area contributed by atoms with Gasteiger partial charge < -0.3 is 20.4 Å². The molecule has 1 aromatic rings. The molecule has 9 nitrogen and oxygen atoms in total. The maximum atomic E-state index is 14.3. The molecule has 5 fully saturated rings. The van der Waals surface area contributed by atoms with Crippen molar-refractivity contribution in [1.82, 2.24) is 15.1 Å². The number of carbonyl (C=O) groups is 4. The number of hydrogen-bond acceptors (Lipinski definition) is 5. The highest BCUT2D eigenvalue weighted by molar-refractivity contribution is 6.07. The Morgan fingerprint density at radius 3 is 2.28 bits per heavy atom. The molecule has 2 N–H and O–H groups in total. The van der Waals surface area contributed by atoms with Crippen molar-refractivity contribution in [3.63, 3.8) is 0 Å². The average Bonchev–Trinajstić information content (AvgIpc) is 3.49. The first-order valence-electron chi connectivity index (χ1n) is 16.2. The maximum absolute atomic E-state index is 14.3. The van der Waals surface area contributed by atoms with Crippen LogP contribution in [0.15, 0.2) is 24.3 Å². The van der Waals surface area contributed by atoms with Crippen molar-refractivity contribution in [3.05, 3.63) is 29.8 Å². The number of nitrogens with zero attached hydrogens (tertiary/aromatic N) is 3. The number of likely N-dealkylation sites (N-methyl/N-ethyl adjacent to an activating group) is 1. The Labute approximate surface area is 254 Å². The molecule has 2 heterocycles. The van der Waals surface area contributed by atoms with E-state index in [1.54, 1.807) is 11.8 Å². The fourth-order valence-corrected chi connectivity index (χ4v) is 9.56. The Morgan fingerprint density at radius 2 is 1.70 bits per heavy atom. The van der Waals surface area contributed by atoms with Crippen molar-refractivity contribution >= 4 is 29.3 Å². The molecule has 0 aromatic heterocycles. The van der Waals surface area contributed by atoms with Crippen molar-refractivity contribution in [3.8, 4) is 6.07 Å². The molecule has 43 heavy (non-hydrogen) atoms. The average molecular weight is 588 g/mol. The highest BCUT2D eigenvalue weighted by atomic mass is 16.2. The van der Waals surface area contributed by atoms with Crippen LogP contribution in [0.5, 0.6) is 0 Å². The van der Waals surface area contributed by atoms with Crippen molar-refractivity contribution < 1.29 is 19.2 Å². The zero-order valence-electron chi connectivity index (χ0n) is 25.9. The first kappa shape index (κ1) is 29.7. The van der Waals surface area contributed by atoms with Gasteiger partial charge in [-0.1, -0.05) is 32.0 Å². The molecule has 4 saturated carbocycles. The van der Waals surface area contributed by atoms with Gasteiger partial charge in [-0.15, -0.1) is 0 Å². The number of carbonyl (C=O) groups excluding carboxylic acids is 4. The Hall–Kier alpha value is -3.41.